The van der Waals surface area contributed by atoms with Gasteiger partial charge in [0, 0.05) is 12.6 Å². The molecule has 0 spiro atoms. The fourth-order valence-corrected chi connectivity index (χ4v) is 3.75. The van der Waals surface area contributed by atoms with Gasteiger partial charge in [-0.05, 0) is 25.3 Å². The smallest absolute Gasteiger partial charge is 0.233 e. The molecule has 0 aliphatic heterocycles. The first kappa shape index (κ1) is 15.3. The Morgan fingerprint density at radius 1 is 1.36 bits per heavy atom. The normalized spacial score (nSPS) is 15.3. The Bertz CT molecular complexity index is 627. The zero-order valence-electron chi connectivity index (χ0n) is 12.3. The number of hydrogen-bond acceptors (Lipinski definition) is 6. The minimum Gasteiger partial charge on any atom is -0.356 e. The summed E-state index contributed by atoms with van der Waals surface area (Å²) >= 11 is 2.94. The largest absolute Gasteiger partial charge is 0.356 e. The third-order valence-corrected chi connectivity index (χ3v) is 5.33. The van der Waals surface area contributed by atoms with Gasteiger partial charge in [-0.3, -0.25) is 4.79 Å². The molecule has 22 heavy (non-hydrogen) atoms. The number of amides is 1. The summed E-state index contributed by atoms with van der Waals surface area (Å²) in [5.41, 5.74) is 1.20. The summed E-state index contributed by atoms with van der Waals surface area (Å²) in [7, 11) is 0. The molecule has 0 radical (unpaired) electrons. The third-order valence-electron chi connectivity index (χ3n) is 3.26. The summed E-state index contributed by atoms with van der Waals surface area (Å²) in [6, 6.07) is 10.5. The maximum atomic E-state index is 11.9. The first-order chi connectivity index (χ1) is 10.7. The van der Waals surface area contributed by atoms with Crippen LogP contribution in [-0.4, -0.2) is 27.4 Å². The van der Waals surface area contributed by atoms with Crippen molar-refractivity contribution in [2.24, 2.45) is 0 Å². The van der Waals surface area contributed by atoms with Crippen molar-refractivity contribution in [3.63, 3.8) is 0 Å². The minimum absolute atomic E-state index is 0.0847. The fraction of sp³-hybridized carbons (Fsp3) is 0.400. The van der Waals surface area contributed by atoms with Crippen LogP contribution in [0, 0.1) is 0 Å². The topological polar surface area (TPSA) is 66.9 Å². The molecule has 1 fully saturated rings. The van der Waals surface area contributed by atoms with Crippen molar-refractivity contribution in [1.82, 2.24) is 15.5 Å². The minimum atomic E-state index is -0.143. The van der Waals surface area contributed by atoms with E-state index >= 15 is 0 Å². The van der Waals surface area contributed by atoms with Crippen LogP contribution in [0.25, 0.3) is 0 Å². The van der Waals surface area contributed by atoms with Gasteiger partial charge in [0.25, 0.3) is 0 Å². The Labute approximate surface area is 137 Å². The fourth-order valence-electron chi connectivity index (χ4n) is 1.85. The quantitative estimate of drug-likeness (QED) is 0.762. The molecule has 116 valence electrons. The Kier molecular flexibility index (Phi) is 4.94. The Morgan fingerprint density at radius 2 is 2.14 bits per heavy atom. The van der Waals surface area contributed by atoms with Crippen molar-refractivity contribution in [2.45, 2.75) is 41.9 Å². The molecule has 7 heteroatoms. The van der Waals surface area contributed by atoms with E-state index in [1.807, 2.05) is 25.1 Å². The molecule has 0 bridgehead atoms. The average Bonchev–Trinajstić information content (AvgIpc) is 3.23. The van der Waals surface area contributed by atoms with Crippen LogP contribution >= 0.6 is 23.1 Å². The first-order valence-corrected chi connectivity index (χ1v) is 8.98. The zero-order chi connectivity index (χ0) is 15.4. The van der Waals surface area contributed by atoms with Crippen molar-refractivity contribution in [3.8, 4) is 0 Å². The second kappa shape index (κ2) is 7.11. The second-order valence-corrected chi connectivity index (χ2v) is 7.82. The highest BCUT2D eigenvalue weighted by Crippen LogP contribution is 2.29. The highest BCUT2D eigenvalue weighted by molar-refractivity contribution is 8.02. The third kappa shape index (κ3) is 4.45. The van der Waals surface area contributed by atoms with E-state index in [1.165, 1.54) is 28.7 Å². The van der Waals surface area contributed by atoms with Gasteiger partial charge in [0.2, 0.25) is 11.0 Å². The number of carbonyl (C=O) groups is 1. The molecular formula is C15H18N4OS2. The highest BCUT2D eigenvalue weighted by atomic mass is 32.2. The van der Waals surface area contributed by atoms with E-state index in [9.17, 15) is 4.79 Å². The number of rotatable bonds is 7. The lowest BCUT2D eigenvalue weighted by atomic mass is 10.2. The Balaban J connectivity index is 1.49. The van der Waals surface area contributed by atoms with E-state index in [1.54, 1.807) is 0 Å². The van der Waals surface area contributed by atoms with Gasteiger partial charge in [-0.2, -0.15) is 0 Å². The summed E-state index contributed by atoms with van der Waals surface area (Å²) in [5.74, 6) is 0.0847. The monoisotopic (exact) mass is 334 g/mol. The van der Waals surface area contributed by atoms with Crippen molar-refractivity contribution in [2.75, 3.05) is 5.32 Å². The van der Waals surface area contributed by atoms with E-state index < -0.39 is 0 Å². The summed E-state index contributed by atoms with van der Waals surface area (Å²) < 4.78 is 0.814. The van der Waals surface area contributed by atoms with E-state index in [0.29, 0.717) is 6.04 Å². The molecule has 1 amide bonds. The van der Waals surface area contributed by atoms with Crippen LogP contribution in [0.4, 0.5) is 5.13 Å². The van der Waals surface area contributed by atoms with E-state index in [-0.39, 0.29) is 11.2 Å². The zero-order valence-corrected chi connectivity index (χ0v) is 13.9. The molecule has 5 nitrogen and oxygen atoms in total. The molecule has 2 N–H and O–H groups in total. The molecule has 3 rings (SSSR count). The summed E-state index contributed by atoms with van der Waals surface area (Å²) in [6.45, 7) is 2.62. The van der Waals surface area contributed by atoms with Crippen molar-refractivity contribution < 1.29 is 4.79 Å². The maximum Gasteiger partial charge on any atom is 0.233 e. The van der Waals surface area contributed by atoms with Crippen LogP contribution in [0.2, 0.25) is 0 Å². The highest BCUT2D eigenvalue weighted by Gasteiger charge is 2.26. The van der Waals surface area contributed by atoms with Gasteiger partial charge in [-0.1, -0.05) is 53.4 Å². The number of hydrogen-bond donors (Lipinski definition) is 2. The molecule has 2 aromatic rings. The molecule has 0 saturated heterocycles. The van der Waals surface area contributed by atoms with E-state index in [2.05, 4.69) is 33.0 Å². The number of thioether (sulfide) groups is 1. The van der Waals surface area contributed by atoms with Crippen molar-refractivity contribution in [1.29, 1.82) is 0 Å². The number of benzene rings is 1. The van der Waals surface area contributed by atoms with Gasteiger partial charge in [0.1, 0.15) is 0 Å². The summed E-state index contributed by atoms with van der Waals surface area (Å²) in [4.78, 5) is 11.9. The number of aromatic nitrogens is 2. The molecule has 1 aromatic carbocycles. The lowest BCUT2D eigenvalue weighted by Crippen LogP contribution is -2.32. The molecule has 1 aliphatic rings. The van der Waals surface area contributed by atoms with Crippen molar-refractivity contribution >= 4 is 34.1 Å². The molecule has 1 aromatic heterocycles. The van der Waals surface area contributed by atoms with Crippen LogP contribution in [-0.2, 0) is 11.3 Å². The van der Waals surface area contributed by atoms with Gasteiger partial charge in [0.05, 0.1) is 5.25 Å². The summed E-state index contributed by atoms with van der Waals surface area (Å²) in [6.07, 6.45) is 2.21. The lowest BCUT2D eigenvalue weighted by Gasteiger charge is -2.08. The Morgan fingerprint density at radius 3 is 2.86 bits per heavy atom. The molecule has 1 saturated carbocycles. The standard InChI is InChI=1S/C15H18N4OS2/c1-10(13(20)17-12-7-8-12)21-15-19-18-14(22-15)16-9-11-5-3-2-4-6-11/h2-6,10,12H,7-9H2,1H3,(H,16,18)(H,17,20)/t10-/m1/s1. The number of nitrogens with one attached hydrogen (secondary N) is 2. The van der Waals surface area contributed by atoms with Crippen LogP contribution in [0.5, 0.6) is 0 Å². The van der Waals surface area contributed by atoms with Crippen LogP contribution in [0.1, 0.15) is 25.3 Å². The van der Waals surface area contributed by atoms with Crippen LogP contribution in [0.3, 0.4) is 0 Å². The van der Waals surface area contributed by atoms with Gasteiger partial charge in [-0.15, -0.1) is 10.2 Å². The predicted octanol–water partition coefficient (Wildman–Crippen LogP) is 2.91. The Hall–Kier alpha value is -1.60. The average molecular weight is 334 g/mol. The lowest BCUT2D eigenvalue weighted by molar-refractivity contribution is -0.120. The van der Waals surface area contributed by atoms with Crippen LogP contribution < -0.4 is 10.6 Å². The van der Waals surface area contributed by atoms with Crippen molar-refractivity contribution in [3.05, 3.63) is 35.9 Å². The van der Waals surface area contributed by atoms with Gasteiger partial charge in [-0.25, -0.2) is 0 Å². The SMILES string of the molecule is C[C@@H](Sc1nnc(NCc2ccccc2)s1)C(=O)NC1CC1. The first-order valence-electron chi connectivity index (χ1n) is 7.29. The maximum absolute atomic E-state index is 11.9. The predicted molar refractivity (Wildman–Crippen MR) is 90.2 cm³/mol. The molecule has 0 unspecified atom stereocenters. The molecule has 1 heterocycles. The second-order valence-electron chi connectivity index (χ2n) is 5.26. The number of anilines is 1. The van der Waals surface area contributed by atoms with E-state index in [4.69, 9.17) is 0 Å². The van der Waals surface area contributed by atoms with Gasteiger partial charge in [0.15, 0.2) is 4.34 Å². The van der Waals surface area contributed by atoms with Crippen LogP contribution in [0.15, 0.2) is 34.7 Å². The molecule has 1 atom stereocenters. The van der Waals surface area contributed by atoms with Gasteiger partial charge < -0.3 is 10.6 Å². The summed E-state index contributed by atoms with van der Waals surface area (Å²) in [5, 5.41) is 15.2. The number of nitrogens with zero attached hydrogens (tertiary/aromatic N) is 2. The molecule has 1 aliphatic carbocycles. The van der Waals surface area contributed by atoms with E-state index in [0.717, 1.165) is 28.9 Å². The number of carbonyl (C=O) groups excluding carboxylic acids is 1. The van der Waals surface area contributed by atoms with Gasteiger partial charge >= 0.3 is 0 Å². The molecular weight excluding hydrogens is 316 g/mol.